The molecule has 4 heteroatoms. The average Bonchev–Trinajstić information content (AvgIpc) is 2.74. The molecule has 0 bridgehead atoms. The monoisotopic (exact) mass is 258 g/mol. The third kappa shape index (κ3) is 1.50. The molecular weight excluding hydrogens is 244 g/mol. The van der Waals surface area contributed by atoms with Gasteiger partial charge in [-0.1, -0.05) is 13.2 Å². The minimum Gasteiger partial charge on any atom is -0.422 e. The number of aliphatic hydroxyl groups is 1. The smallest absolute Gasteiger partial charge is 0.343 e. The van der Waals surface area contributed by atoms with Gasteiger partial charge < -0.3 is 9.84 Å². The lowest BCUT2D eigenvalue weighted by molar-refractivity contribution is -0.133. The molecule has 4 nitrogen and oxygen atoms in total. The van der Waals surface area contributed by atoms with Gasteiger partial charge in [-0.3, -0.25) is 4.79 Å². The van der Waals surface area contributed by atoms with Crippen LogP contribution in [0, 0.1) is 0 Å². The highest BCUT2D eigenvalue weighted by atomic mass is 16.5. The molecule has 1 N–H and O–H groups in total. The Balaban J connectivity index is 2.24. The quantitative estimate of drug-likeness (QED) is 0.531. The molecule has 0 aromatic carbocycles. The van der Waals surface area contributed by atoms with Crippen LogP contribution in [0.15, 0.2) is 46.8 Å². The Labute approximate surface area is 110 Å². The van der Waals surface area contributed by atoms with Crippen LogP contribution in [0.5, 0.6) is 0 Å². The molecule has 1 aliphatic heterocycles. The molecule has 0 spiro atoms. The summed E-state index contributed by atoms with van der Waals surface area (Å²) in [7, 11) is 0. The van der Waals surface area contributed by atoms with Crippen molar-refractivity contribution in [3.8, 4) is 0 Å². The van der Waals surface area contributed by atoms with Gasteiger partial charge in [-0.2, -0.15) is 0 Å². The van der Waals surface area contributed by atoms with Gasteiger partial charge in [0.05, 0.1) is 11.2 Å². The van der Waals surface area contributed by atoms with Crippen LogP contribution in [0.2, 0.25) is 0 Å². The SMILES string of the molecule is C=C1C(=O)OC2=C1CCC(C)(O)C1=C2C(=C)C(=O)C1. The first kappa shape index (κ1) is 12.1. The second kappa shape index (κ2) is 3.54. The fraction of sp³-hybridized carbons (Fsp3) is 0.333. The highest BCUT2D eigenvalue weighted by molar-refractivity contribution is 6.08. The van der Waals surface area contributed by atoms with Gasteiger partial charge in [-0.25, -0.2) is 4.79 Å². The number of Topliss-reactive ketones (excluding diaryl/α,β-unsaturated/α-hetero) is 1. The van der Waals surface area contributed by atoms with E-state index in [9.17, 15) is 14.7 Å². The molecule has 0 fully saturated rings. The van der Waals surface area contributed by atoms with Crippen molar-refractivity contribution in [3.63, 3.8) is 0 Å². The number of hydrogen-bond donors (Lipinski definition) is 1. The van der Waals surface area contributed by atoms with E-state index in [1.165, 1.54) is 0 Å². The van der Waals surface area contributed by atoms with Crippen LogP contribution in [0.25, 0.3) is 0 Å². The van der Waals surface area contributed by atoms with Crippen LogP contribution in [0.4, 0.5) is 0 Å². The zero-order valence-electron chi connectivity index (χ0n) is 10.7. The second-order valence-electron chi connectivity index (χ2n) is 5.38. The number of fused-ring (bicyclic) bond motifs is 1. The number of carbonyl (C=O) groups excluding carboxylic acids is 2. The summed E-state index contributed by atoms with van der Waals surface area (Å²) < 4.78 is 5.24. The number of rotatable bonds is 0. The normalized spacial score (nSPS) is 30.6. The number of hydrogen-bond acceptors (Lipinski definition) is 4. The molecule has 1 unspecified atom stereocenters. The highest BCUT2D eigenvalue weighted by Crippen LogP contribution is 2.48. The molecule has 98 valence electrons. The maximum absolute atomic E-state index is 11.9. The Kier molecular flexibility index (Phi) is 2.26. The summed E-state index contributed by atoms with van der Waals surface area (Å²) in [6.45, 7) is 9.16. The summed E-state index contributed by atoms with van der Waals surface area (Å²) in [5.74, 6) is -0.239. The maximum atomic E-state index is 11.9. The van der Waals surface area contributed by atoms with Crippen molar-refractivity contribution in [2.45, 2.75) is 31.8 Å². The minimum absolute atomic E-state index is 0.132. The van der Waals surface area contributed by atoms with Gasteiger partial charge in [0.25, 0.3) is 0 Å². The van der Waals surface area contributed by atoms with E-state index in [1.807, 2.05) is 0 Å². The number of ether oxygens (including phenoxy) is 1. The predicted molar refractivity (Wildman–Crippen MR) is 67.9 cm³/mol. The fourth-order valence-electron chi connectivity index (χ4n) is 2.87. The molecule has 1 heterocycles. The van der Waals surface area contributed by atoms with E-state index in [-0.39, 0.29) is 12.2 Å². The average molecular weight is 258 g/mol. The molecule has 3 rings (SSSR count). The number of esters is 1. The van der Waals surface area contributed by atoms with Crippen LogP contribution in [0.3, 0.4) is 0 Å². The molecular formula is C15H14O4. The van der Waals surface area contributed by atoms with E-state index in [4.69, 9.17) is 4.74 Å². The summed E-state index contributed by atoms with van der Waals surface area (Å²) in [4.78, 5) is 23.5. The van der Waals surface area contributed by atoms with Gasteiger partial charge in [0.1, 0.15) is 5.76 Å². The molecule has 3 aliphatic rings. The molecule has 0 saturated carbocycles. The lowest BCUT2D eigenvalue weighted by atomic mass is 9.89. The molecule has 19 heavy (non-hydrogen) atoms. The zero-order valence-corrected chi connectivity index (χ0v) is 10.7. The van der Waals surface area contributed by atoms with E-state index >= 15 is 0 Å². The van der Waals surface area contributed by atoms with Crippen molar-refractivity contribution >= 4 is 11.8 Å². The van der Waals surface area contributed by atoms with E-state index in [0.29, 0.717) is 46.5 Å². The Bertz CT molecular complexity index is 629. The Hall–Kier alpha value is -1.94. The Morgan fingerprint density at radius 1 is 1.26 bits per heavy atom. The Morgan fingerprint density at radius 2 is 1.95 bits per heavy atom. The van der Waals surface area contributed by atoms with Gasteiger partial charge in [-0.05, 0) is 25.3 Å². The Morgan fingerprint density at radius 3 is 2.63 bits per heavy atom. The van der Waals surface area contributed by atoms with Crippen LogP contribution >= 0.6 is 0 Å². The number of ketones is 1. The van der Waals surface area contributed by atoms with E-state index < -0.39 is 11.6 Å². The van der Waals surface area contributed by atoms with Gasteiger partial charge in [-0.15, -0.1) is 0 Å². The number of allylic oxidation sites excluding steroid dienone is 1. The lowest BCUT2D eigenvalue weighted by Gasteiger charge is -2.24. The summed E-state index contributed by atoms with van der Waals surface area (Å²) in [6.07, 6.45) is 1.07. The molecule has 0 saturated heterocycles. The largest absolute Gasteiger partial charge is 0.422 e. The van der Waals surface area contributed by atoms with Crippen molar-refractivity contribution in [2.24, 2.45) is 0 Å². The molecule has 0 aromatic heterocycles. The molecule has 2 aliphatic carbocycles. The van der Waals surface area contributed by atoms with Crippen molar-refractivity contribution in [1.82, 2.24) is 0 Å². The summed E-state index contributed by atoms with van der Waals surface area (Å²) in [5, 5.41) is 10.5. The third-order valence-electron chi connectivity index (χ3n) is 4.10. The molecule has 1 atom stereocenters. The fourth-order valence-corrected chi connectivity index (χ4v) is 2.87. The minimum atomic E-state index is -1.08. The van der Waals surface area contributed by atoms with E-state index in [2.05, 4.69) is 13.2 Å². The summed E-state index contributed by atoms with van der Waals surface area (Å²) in [6, 6.07) is 0. The predicted octanol–water partition coefficient (Wildman–Crippen LogP) is 1.72. The van der Waals surface area contributed by atoms with Crippen molar-refractivity contribution in [3.05, 3.63) is 46.8 Å². The van der Waals surface area contributed by atoms with Gasteiger partial charge in [0.15, 0.2) is 5.78 Å². The standard InChI is InChI=1S/C15H14O4/c1-7-9-4-5-15(3,18)10-6-11(16)8(2)12(10)13(9)19-14(7)17/h18H,1-2,4-6H2,3H3. The van der Waals surface area contributed by atoms with E-state index in [0.717, 1.165) is 0 Å². The summed E-state index contributed by atoms with van der Waals surface area (Å²) in [5.41, 5.74) is 1.34. The van der Waals surface area contributed by atoms with Gasteiger partial charge >= 0.3 is 5.97 Å². The highest BCUT2D eigenvalue weighted by Gasteiger charge is 2.45. The van der Waals surface area contributed by atoms with Gasteiger partial charge in [0.2, 0.25) is 0 Å². The second-order valence-corrected chi connectivity index (χ2v) is 5.38. The van der Waals surface area contributed by atoms with Crippen molar-refractivity contribution in [2.75, 3.05) is 0 Å². The first-order valence-corrected chi connectivity index (χ1v) is 6.16. The van der Waals surface area contributed by atoms with Crippen molar-refractivity contribution in [1.29, 1.82) is 0 Å². The van der Waals surface area contributed by atoms with E-state index in [1.54, 1.807) is 6.92 Å². The van der Waals surface area contributed by atoms with Crippen LogP contribution in [-0.4, -0.2) is 22.5 Å². The van der Waals surface area contributed by atoms with Crippen LogP contribution in [-0.2, 0) is 14.3 Å². The van der Waals surface area contributed by atoms with Crippen molar-refractivity contribution < 1.29 is 19.4 Å². The topological polar surface area (TPSA) is 63.6 Å². The van der Waals surface area contributed by atoms with Crippen LogP contribution < -0.4 is 0 Å². The summed E-state index contributed by atoms with van der Waals surface area (Å²) >= 11 is 0. The maximum Gasteiger partial charge on any atom is 0.343 e. The first-order chi connectivity index (χ1) is 8.83. The van der Waals surface area contributed by atoms with Crippen LogP contribution in [0.1, 0.15) is 26.2 Å². The number of carbonyl (C=O) groups is 2. The molecule has 0 aromatic rings. The molecule has 0 amide bonds. The molecule has 0 radical (unpaired) electrons. The van der Waals surface area contributed by atoms with Gasteiger partial charge in [0, 0.05) is 23.1 Å². The third-order valence-corrected chi connectivity index (χ3v) is 4.10. The lowest BCUT2D eigenvalue weighted by Crippen LogP contribution is -2.27. The first-order valence-electron chi connectivity index (χ1n) is 6.16. The zero-order chi connectivity index (χ0) is 13.9.